The molecule has 1 amide bonds. The number of amides is 1. The van der Waals surface area contributed by atoms with Crippen LogP contribution in [0.1, 0.15) is 6.92 Å². The van der Waals surface area contributed by atoms with Crippen molar-refractivity contribution in [3.8, 4) is 0 Å². The number of carbonyl (C=O) groups excluding carboxylic acids is 1. The molecule has 1 aliphatic heterocycles. The first-order valence-corrected chi connectivity index (χ1v) is 4.58. The molecule has 15 heavy (non-hydrogen) atoms. The van der Waals surface area contributed by atoms with Crippen molar-refractivity contribution >= 4 is 17.3 Å². The van der Waals surface area contributed by atoms with Crippen LogP contribution in [-0.4, -0.2) is 22.9 Å². The Balaban J connectivity index is 2.31. The maximum absolute atomic E-state index is 11.7. The summed E-state index contributed by atoms with van der Waals surface area (Å²) in [6, 6.07) is 8.36. The van der Waals surface area contributed by atoms with Crippen LogP contribution in [-0.2, 0) is 4.79 Å². The Kier molecular flexibility index (Phi) is 2.49. The molecule has 1 aromatic carbocycles. The number of para-hydroxylation sites is 1. The van der Waals surface area contributed by atoms with E-state index in [9.17, 15) is 4.79 Å². The predicted octanol–water partition coefficient (Wildman–Crippen LogP) is 0.756. The first-order valence-electron chi connectivity index (χ1n) is 4.58. The van der Waals surface area contributed by atoms with E-state index in [1.54, 1.807) is 19.1 Å². The van der Waals surface area contributed by atoms with E-state index in [0.29, 0.717) is 11.4 Å². The second-order valence-electron chi connectivity index (χ2n) is 3.29. The summed E-state index contributed by atoms with van der Waals surface area (Å²) in [4.78, 5) is 11.7. The molecule has 0 bridgehead atoms. The molecule has 0 aromatic heterocycles. The van der Waals surface area contributed by atoms with Gasteiger partial charge in [-0.25, -0.2) is 0 Å². The van der Waals surface area contributed by atoms with Crippen molar-refractivity contribution in [3.63, 3.8) is 0 Å². The Morgan fingerprint density at radius 2 is 2.07 bits per heavy atom. The molecule has 0 fully saturated rings. The summed E-state index contributed by atoms with van der Waals surface area (Å²) in [6.07, 6.45) is 0. The van der Waals surface area contributed by atoms with Gasteiger partial charge in [0.2, 0.25) is 0 Å². The Hall–Kier alpha value is -1.72. The number of hydrazone groups is 1. The first-order chi connectivity index (χ1) is 7.24. The maximum Gasteiger partial charge on any atom is 0.272 e. The molecule has 0 radical (unpaired) electrons. The number of benzene rings is 1. The Bertz CT molecular complexity index is 402. The average Bonchev–Trinajstić information content (AvgIpc) is 2.55. The molecule has 1 aromatic rings. The van der Waals surface area contributed by atoms with Gasteiger partial charge in [-0.15, -0.1) is 0 Å². The van der Waals surface area contributed by atoms with Gasteiger partial charge in [0.25, 0.3) is 5.91 Å². The van der Waals surface area contributed by atoms with Crippen LogP contribution < -0.4 is 10.5 Å². The lowest BCUT2D eigenvalue weighted by molar-refractivity contribution is -0.120. The van der Waals surface area contributed by atoms with Gasteiger partial charge in [-0.1, -0.05) is 18.2 Å². The van der Waals surface area contributed by atoms with E-state index in [0.717, 1.165) is 0 Å². The second-order valence-corrected chi connectivity index (χ2v) is 3.29. The van der Waals surface area contributed by atoms with E-state index in [1.807, 2.05) is 23.7 Å². The summed E-state index contributed by atoms with van der Waals surface area (Å²) in [6.45, 7) is 1.69. The first kappa shape index (κ1) is 9.82. The zero-order valence-corrected chi connectivity index (χ0v) is 8.21. The average molecular weight is 205 g/mol. The van der Waals surface area contributed by atoms with Crippen LogP contribution >= 0.6 is 0 Å². The van der Waals surface area contributed by atoms with Crippen LogP contribution in [0.5, 0.6) is 0 Å². The third kappa shape index (κ3) is 1.62. The fourth-order valence-electron chi connectivity index (χ4n) is 1.47. The molecule has 2 N–H and O–H groups in total. The third-order valence-electron chi connectivity index (χ3n) is 2.26. The number of hydroxylamine groups is 1. The Morgan fingerprint density at radius 1 is 1.40 bits per heavy atom. The van der Waals surface area contributed by atoms with E-state index < -0.39 is 6.04 Å². The number of nitrogens with zero attached hydrogens (tertiary/aromatic N) is 2. The lowest BCUT2D eigenvalue weighted by atomic mass is 10.2. The SMILES string of the molecule is CC1=NN(c2ccccc2)C(=O)C1NO. The van der Waals surface area contributed by atoms with Crippen molar-refractivity contribution in [3.05, 3.63) is 30.3 Å². The molecule has 0 saturated heterocycles. The van der Waals surface area contributed by atoms with Crippen molar-refractivity contribution in [1.82, 2.24) is 5.48 Å². The summed E-state index contributed by atoms with van der Waals surface area (Å²) < 4.78 is 0. The molecule has 78 valence electrons. The molecule has 2 rings (SSSR count). The minimum atomic E-state index is -0.731. The monoisotopic (exact) mass is 205 g/mol. The smallest absolute Gasteiger partial charge is 0.272 e. The minimum Gasteiger partial charge on any atom is -0.316 e. The fourth-order valence-corrected chi connectivity index (χ4v) is 1.47. The van der Waals surface area contributed by atoms with Gasteiger partial charge in [0, 0.05) is 0 Å². The van der Waals surface area contributed by atoms with Gasteiger partial charge >= 0.3 is 0 Å². The highest BCUT2D eigenvalue weighted by Gasteiger charge is 2.33. The highest BCUT2D eigenvalue weighted by molar-refractivity contribution is 6.17. The molecule has 1 unspecified atom stereocenters. The Labute approximate surface area is 87.0 Å². The number of nitrogens with one attached hydrogen (secondary N) is 1. The summed E-state index contributed by atoms with van der Waals surface area (Å²) in [5.41, 5.74) is 3.18. The number of anilines is 1. The molecule has 0 aliphatic carbocycles. The Morgan fingerprint density at radius 3 is 2.60 bits per heavy atom. The maximum atomic E-state index is 11.7. The topological polar surface area (TPSA) is 64.9 Å². The van der Waals surface area contributed by atoms with Gasteiger partial charge in [-0.2, -0.15) is 15.6 Å². The van der Waals surface area contributed by atoms with Crippen molar-refractivity contribution < 1.29 is 10.0 Å². The number of rotatable bonds is 2. The summed E-state index contributed by atoms with van der Waals surface area (Å²) >= 11 is 0. The van der Waals surface area contributed by atoms with Crippen LogP contribution in [0.4, 0.5) is 5.69 Å². The molecule has 1 heterocycles. The number of hydrogen-bond acceptors (Lipinski definition) is 4. The largest absolute Gasteiger partial charge is 0.316 e. The van der Waals surface area contributed by atoms with E-state index in [-0.39, 0.29) is 5.91 Å². The fraction of sp³-hybridized carbons (Fsp3) is 0.200. The van der Waals surface area contributed by atoms with Crippen LogP contribution in [0.15, 0.2) is 35.4 Å². The van der Waals surface area contributed by atoms with Gasteiger partial charge in [-0.05, 0) is 19.1 Å². The number of carbonyl (C=O) groups is 1. The highest BCUT2D eigenvalue weighted by Crippen LogP contribution is 2.19. The molecular weight excluding hydrogens is 194 g/mol. The summed E-state index contributed by atoms with van der Waals surface area (Å²) in [5.74, 6) is -0.277. The highest BCUT2D eigenvalue weighted by atomic mass is 16.5. The number of hydrogen-bond donors (Lipinski definition) is 2. The minimum absolute atomic E-state index is 0.277. The quantitative estimate of drug-likeness (QED) is 0.700. The standard InChI is InChI=1S/C10H11N3O2/c1-7-9(12-15)10(14)13(11-7)8-5-3-2-4-6-8/h2-6,9,12,15H,1H3. The van der Waals surface area contributed by atoms with Gasteiger partial charge in [0.05, 0.1) is 11.4 Å². The lowest BCUT2D eigenvalue weighted by Crippen LogP contribution is -2.41. The van der Waals surface area contributed by atoms with Crippen LogP contribution in [0, 0.1) is 0 Å². The molecule has 5 nitrogen and oxygen atoms in total. The molecule has 1 aliphatic rings. The van der Waals surface area contributed by atoms with Crippen LogP contribution in [0.3, 0.4) is 0 Å². The van der Waals surface area contributed by atoms with E-state index >= 15 is 0 Å². The van der Waals surface area contributed by atoms with E-state index in [1.165, 1.54) is 5.01 Å². The van der Waals surface area contributed by atoms with Gasteiger partial charge in [0.15, 0.2) is 6.04 Å². The van der Waals surface area contributed by atoms with Crippen LogP contribution in [0.25, 0.3) is 0 Å². The van der Waals surface area contributed by atoms with Gasteiger partial charge < -0.3 is 5.21 Å². The lowest BCUT2D eigenvalue weighted by Gasteiger charge is -2.12. The third-order valence-corrected chi connectivity index (χ3v) is 2.26. The van der Waals surface area contributed by atoms with Gasteiger partial charge in [0.1, 0.15) is 0 Å². The molecule has 0 saturated carbocycles. The van der Waals surface area contributed by atoms with E-state index in [4.69, 9.17) is 5.21 Å². The van der Waals surface area contributed by atoms with Crippen LogP contribution in [0.2, 0.25) is 0 Å². The molecule has 5 heteroatoms. The normalized spacial score (nSPS) is 20.7. The molecular formula is C10H11N3O2. The molecule has 0 spiro atoms. The predicted molar refractivity (Wildman–Crippen MR) is 55.7 cm³/mol. The molecule has 1 atom stereocenters. The van der Waals surface area contributed by atoms with Gasteiger partial charge in [-0.3, -0.25) is 4.79 Å². The zero-order chi connectivity index (χ0) is 10.8. The van der Waals surface area contributed by atoms with Crippen molar-refractivity contribution in [2.24, 2.45) is 5.10 Å². The summed E-state index contributed by atoms with van der Waals surface area (Å²) in [5, 5.41) is 14.1. The van der Waals surface area contributed by atoms with Crippen molar-refractivity contribution in [1.29, 1.82) is 0 Å². The zero-order valence-electron chi connectivity index (χ0n) is 8.21. The summed E-state index contributed by atoms with van der Waals surface area (Å²) in [7, 11) is 0. The second kappa shape index (κ2) is 3.80. The van der Waals surface area contributed by atoms with E-state index in [2.05, 4.69) is 5.10 Å². The van der Waals surface area contributed by atoms with Crippen molar-refractivity contribution in [2.45, 2.75) is 13.0 Å². The van der Waals surface area contributed by atoms with Crippen molar-refractivity contribution in [2.75, 3.05) is 5.01 Å².